The number of fused-ring (bicyclic) bond motifs is 2. The number of rotatable bonds is 9. The summed E-state index contributed by atoms with van der Waals surface area (Å²) in [6, 6.07) is 24.4. The third kappa shape index (κ3) is 4.59. The van der Waals surface area contributed by atoms with Gasteiger partial charge in [-0.2, -0.15) is 0 Å². The first-order valence-corrected chi connectivity index (χ1v) is 12.3. The Hall–Kier alpha value is -3.86. The number of unbranched alkanes of at least 4 members (excludes halogenated alkanes) is 2. The maximum Gasteiger partial charge on any atom is 0.290 e. The highest BCUT2D eigenvalue weighted by Gasteiger charge is 2.42. The van der Waals surface area contributed by atoms with Crippen molar-refractivity contribution < 1.29 is 13.9 Å². The standard InChI is InChI=1S/C30H29NO4/c1-2-3-9-19-34-23-14-10-13-22(20-23)27-26-28(32)24-15-7-8-16-25(24)35-29(26)30(33)31(27)18-17-21-11-5-4-6-12-21/h4-8,10-16,20,27H,2-3,9,17-19H2,1H3. The second-order valence-electron chi connectivity index (χ2n) is 8.93. The molecule has 1 atom stereocenters. The van der Waals surface area contributed by atoms with Crippen LogP contribution in [0.5, 0.6) is 5.75 Å². The van der Waals surface area contributed by atoms with E-state index in [-0.39, 0.29) is 17.1 Å². The summed E-state index contributed by atoms with van der Waals surface area (Å²) in [5.41, 5.74) is 2.66. The highest BCUT2D eigenvalue weighted by molar-refractivity contribution is 5.99. The van der Waals surface area contributed by atoms with E-state index in [1.165, 1.54) is 0 Å². The molecule has 0 bridgehead atoms. The minimum absolute atomic E-state index is 0.140. The van der Waals surface area contributed by atoms with Crippen molar-refractivity contribution >= 4 is 16.9 Å². The number of carbonyl (C=O) groups excluding carboxylic acids is 1. The smallest absolute Gasteiger partial charge is 0.290 e. The SMILES string of the molecule is CCCCCOc1cccc(C2c3c(oc4ccccc4c3=O)C(=O)N2CCc2ccccc2)c1. The summed E-state index contributed by atoms with van der Waals surface area (Å²) >= 11 is 0. The van der Waals surface area contributed by atoms with Crippen molar-refractivity contribution in [2.75, 3.05) is 13.2 Å². The lowest BCUT2D eigenvalue weighted by Crippen LogP contribution is -2.31. The van der Waals surface area contributed by atoms with Gasteiger partial charge in [-0.05, 0) is 48.2 Å². The number of hydrogen-bond acceptors (Lipinski definition) is 4. The van der Waals surface area contributed by atoms with E-state index in [0.717, 1.165) is 36.1 Å². The lowest BCUT2D eigenvalue weighted by molar-refractivity contribution is 0.0730. The fourth-order valence-corrected chi connectivity index (χ4v) is 4.76. The molecule has 3 aromatic carbocycles. The lowest BCUT2D eigenvalue weighted by atomic mass is 9.98. The van der Waals surface area contributed by atoms with Crippen LogP contribution in [-0.2, 0) is 6.42 Å². The Balaban J connectivity index is 1.55. The third-order valence-corrected chi connectivity index (χ3v) is 6.55. The van der Waals surface area contributed by atoms with Crippen molar-refractivity contribution in [3.63, 3.8) is 0 Å². The second-order valence-corrected chi connectivity index (χ2v) is 8.93. The Labute approximate surface area is 205 Å². The van der Waals surface area contributed by atoms with Crippen molar-refractivity contribution in [3.8, 4) is 5.75 Å². The molecule has 1 aliphatic heterocycles. The molecule has 1 unspecified atom stereocenters. The summed E-state index contributed by atoms with van der Waals surface area (Å²) in [4.78, 5) is 29.0. The number of ether oxygens (including phenoxy) is 1. The zero-order chi connectivity index (χ0) is 24.2. The lowest BCUT2D eigenvalue weighted by Gasteiger charge is -2.25. The molecule has 1 amide bonds. The molecule has 0 fully saturated rings. The second kappa shape index (κ2) is 10.2. The molecule has 2 heterocycles. The summed E-state index contributed by atoms with van der Waals surface area (Å²) in [5.74, 6) is 0.631. The van der Waals surface area contributed by atoms with Crippen LogP contribution in [0.4, 0.5) is 0 Å². The van der Waals surface area contributed by atoms with Crippen LogP contribution in [0.3, 0.4) is 0 Å². The molecular formula is C30H29NO4. The number of nitrogens with zero attached hydrogens (tertiary/aromatic N) is 1. The van der Waals surface area contributed by atoms with Crippen LogP contribution < -0.4 is 10.2 Å². The molecule has 5 nitrogen and oxygen atoms in total. The van der Waals surface area contributed by atoms with E-state index in [1.807, 2.05) is 60.7 Å². The van der Waals surface area contributed by atoms with Crippen molar-refractivity contribution in [2.24, 2.45) is 0 Å². The molecule has 5 heteroatoms. The maximum atomic E-state index is 13.6. The van der Waals surface area contributed by atoms with Gasteiger partial charge >= 0.3 is 0 Å². The van der Waals surface area contributed by atoms with Gasteiger partial charge in [-0.1, -0.05) is 74.4 Å². The first kappa shape index (κ1) is 22.9. The molecule has 4 aromatic rings. The summed E-state index contributed by atoms with van der Waals surface area (Å²) in [5, 5.41) is 0.487. The van der Waals surface area contributed by atoms with Gasteiger partial charge in [0.1, 0.15) is 11.3 Å². The molecule has 0 N–H and O–H groups in total. The van der Waals surface area contributed by atoms with Gasteiger partial charge in [0.05, 0.1) is 23.6 Å². The van der Waals surface area contributed by atoms with Gasteiger partial charge in [0, 0.05) is 6.54 Å². The molecule has 0 saturated heterocycles. The van der Waals surface area contributed by atoms with E-state index in [0.29, 0.717) is 36.1 Å². The average Bonchev–Trinajstić information content (AvgIpc) is 3.18. The van der Waals surface area contributed by atoms with Crippen molar-refractivity contribution in [1.82, 2.24) is 4.90 Å². The fourth-order valence-electron chi connectivity index (χ4n) is 4.76. The zero-order valence-electron chi connectivity index (χ0n) is 19.9. The quantitative estimate of drug-likeness (QED) is 0.277. The third-order valence-electron chi connectivity index (χ3n) is 6.55. The normalized spacial score (nSPS) is 14.9. The Morgan fingerprint density at radius 2 is 1.71 bits per heavy atom. The molecule has 0 saturated carbocycles. The van der Waals surface area contributed by atoms with Crippen molar-refractivity contribution in [1.29, 1.82) is 0 Å². The summed E-state index contributed by atoms with van der Waals surface area (Å²) in [7, 11) is 0. The zero-order valence-corrected chi connectivity index (χ0v) is 19.9. The van der Waals surface area contributed by atoms with Crippen LogP contribution in [0.1, 0.15) is 59.5 Å². The molecule has 0 spiro atoms. The van der Waals surface area contributed by atoms with Crippen LogP contribution in [0, 0.1) is 0 Å². The topological polar surface area (TPSA) is 59.8 Å². The van der Waals surface area contributed by atoms with E-state index in [2.05, 4.69) is 6.92 Å². The average molecular weight is 468 g/mol. The fraction of sp³-hybridized carbons (Fsp3) is 0.267. The summed E-state index contributed by atoms with van der Waals surface area (Å²) < 4.78 is 12.0. The maximum absolute atomic E-state index is 13.6. The van der Waals surface area contributed by atoms with Gasteiger partial charge < -0.3 is 14.1 Å². The van der Waals surface area contributed by atoms with E-state index >= 15 is 0 Å². The van der Waals surface area contributed by atoms with Gasteiger partial charge in [0.2, 0.25) is 5.76 Å². The molecule has 5 rings (SSSR count). The summed E-state index contributed by atoms with van der Waals surface area (Å²) in [6.45, 7) is 3.27. The predicted octanol–water partition coefficient (Wildman–Crippen LogP) is 6.15. The number of para-hydroxylation sites is 1. The highest BCUT2D eigenvalue weighted by Crippen LogP contribution is 2.39. The van der Waals surface area contributed by atoms with E-state index in [1.54, 1.807) is 23.1 Å². The Kier molecular flexibility index (Phi) is 6.66. The Morgan fingerprint density at radius 1 is 0.914 bits per heavy atom. The van der Waals surface area contributed by atoms with Gasteiger partial charge in [0.15, 0.2) is 5.43 Å². The largest absolute Gasteiger partial charge is 0.494 e. The number of hydrogen-bond donors (Lipinski definition) is 0. The minimum atomic E-state index is -0.527. The molecule has 0 aliphatic carbocycles. The van der Waals surface area contributed by atoms with Crippen LogP contribution >= 0.6 is 0 Å². The highest BCUT2D eigenvalue weighted by atomic mass is 16.5. The molecule has 1 aromatic heterocycles. The van der Waals surface area contributed by atoms with Crippen LogP contribution in [-0.4, -0.2) is 24.0 Å². The predicted molar refractivity (Wildman–Crippen MR) is 137 cm³/mol. The minimum Gasteiger partial charge on any atom is -0.494 e. The molecule has 178 valence electrons. The first-order valence-electron chi connectivity index (χ1n) is 12.3. The van der Waals surface area contributed by atoms with E-state index in [9.17, 15) is 9.59 Å². The monoisotopic (exact) mass is 467 g/mol. The molecule has 0 radical (unpaired) electrons. The number of amides is 1. The molecule has 1 aliphatic rings. The Morgan fingerprint density at radius 3 is 2.54 bits per heavy atom. The summed E-state index contributed by atoms with van der Waals surface area (Å²) in [6.07, 6.45) is 3.91. The Bertz CT molecular complexity index is 1390. The van der Waals surface area contributed by atoms with Gasteiger partial charge in [0.25, 0.3) is 5.91 Å². The van der Waals surface area contributed by atoms with Gasteiger partial charge in [-0.25, -0.2) is 0 Å². The van der Waals surface area contributed by atoms with Gasteiger partial charge in [-0.15, -0.1) is 0 Å². The van der Waals surface area contributed by atoms with Crippen LogP contribution in [0.2, 0.25) is 0 Å². The van der Waals surface area contributed by atoms with Crippen molar-refractivity contribution in [2.45, 2.75) is 38.6 Å². The van der Waals surface area contributed by atoms with Crippen LogP contribution in [0.15, 0.2) is 88.1 Å². The van der Waals surface area contributed by atoms with E-state index < -0.39 is 6.04 Å². The molecule has 35 heavy (non-hydrogen) atoms. The number of carbonyl (C=O) groups is 1. The number of benzene rings is 3. The van der Waals surface area contributed by atoms with Crippen molar-refractivity contribution in [3.05, 3.63) is 112 Å². The van der Waals surface area contributed by atoms with E-state index in [4.69, 9.17) is 9.15 Å². The van der Waals surface area contributed by atoms with Gasteiger partial charge in [-0.3, -0.25) is 9.59 Å². The molecular weight excluding hydrogens is 438 g/mol. The van der Waals surface area contributed by atoms with Crippen LogP contribution in [0.25, 0.3) is 11.0 Å². The first-order chi connectivity index (χ1) is 17.2.